The van der Waals surface area contributed by atoms with Gasteiger partial charge in [0.05, 0.1) is 5.52 Å². The van der Waals surface area contributed by atoms with Crippen molar-refractivity contribution in [2.75, 3.05) is 29.4 Å². The minimum atomic E-state index is -0.120. The van der Waals surface area contributed by atoms with Crippen LogP contribution in [-0.4, -0.2) is 50.0 Å². The Kier molecular flexibility index (Phi) is 6.20. The molecule has 1 fully saturated rings. The van der Waals surface area contributed by atoms with Crippen LogP contribution in [-0.2, 0) is 0 Å². The summed E-state index contributed by atoms with van der Waals surface area (Å²) in [5.74, 6) is 1.03. The van der Waals surface area contributed by atoms with Crippen molar-refractivity contribution >= 4 is 28.6 Å². The maximum atomic E-state index is 13.6. The summed E-state index contributed by atoms with van der Waals surface area (Å²) in [6.45, 7) is 4.36. The number of imidazole rings is 1. The van der Waals surface area contributed by atoms with Crippen molar-refractivity contribution in [1.29, 1.82) is 0 Å². The molecule has 5 heterocycles. The molecule has 9 heteroatoms. The zero-order chi connectivity index (χ0) is 25.4. The van der Waals surface area contributed by atoms with Gasteiger partial charge in [-0.2, -0.15) is 0 Å². The van der Waals surface area contributed by atoms with Gasteiger partial charge in [0.25, 0.3) is 5.91 Å². The van der Waals surface area contributed by atoms with Crippen LogP contribution in [0.15, 0.2) is 59.8 Å². The minimum absolute atomic E-state index is 0.0807. The number of hydrogen-bond donors (Lipinski definition) is 1. The standard InChI is InChI=1S/C28H31N7O2/c1-2-3-7-19-17-34(23-9-5-4-8-21(19)23)27(36)22-16-25(31-18-30-22)33-14-11-20(12-15-33)35-24-10-6-13-29-26(24)32-28(35)37/h4-6,8-10,13,16,18-20H,2-3,7,11-12,14-15,17H2,1H3,(H,29,32,37). The summed E-state index contributed by atoms with van der Waals surface area (Å²) < 4.78 is 1.83. The molecule has 2 aliphatic rings. The van der Waals surface area contributed by atoms with Gasteiger partial charge in [0, 0.05) is 49.5 Å². The number of H-pyrrole nitrogens is 1. The summed E-state index contributed by atoms with van der Waals surface area (Å²) in [6, 6.07) is 13.9. The fourth-order valence-electron chi connectivity index (χ4n) is 5.83. The number of aromatic nitrogens is 5. The lowest BCUT2D eigenvalue weighted by atomic mass is 9.96. The van der Waals surface area contributed by atoms with Gasteiger partial charge in [-0.25, -0.2) is 19.7 Å². The Morgan fingerprint density at radius 3 is 2.76 bits per heavy atom. The molecule has 2 aliphatic heterocycles. The Bertz CT molecular complexity index is 1490. The maximum Gasteiger partial charge on any atom is 0.327 e. The van der Waals surface area contributed by atoms with E-state index in [-0.39, 0.29) is 17.6 Å². The predicted molar refractivity (Wildman–Crippen MR) is 143 cm³/mol. The molecule has 0 saturated carbocycles. The van der Waals surface area contributed by atoms with Crippen molar-refractivity contribution in [3.63, 3.8) is 0 Å². The Morgan fingerprint density at radius 1 is 1.08 bits per heavy atom. The van der Waals surface area contributed by atoms with E-state index < -0.39 is 0 Å². The number of nitrogens with zero attached hydrogens (tertiary/aromatic N) is 6. The van der Waals surface area contributed by atoms with Gasteiger partial charge in [-0.1, -0.05) is 38.0 Å². The Hall–Kier alpha value is -4.01. The van der Waals surface area contributed by atoms with Gasteiger partial charge in [-0.15, -0.1) is 0 Å². The highest BCUT2D eigenvalue weighted by Crippen LogP contribution is 2.39. The largest absolute Gasteiger partial charge is 0.356 e. The zero-order valence-corrected chi connectivity index (χ0v) is 21.0. The zero-order valence-electron chi connectivity index (χ0n) is 21.0. The van der Waals surface area contributed by atoms with Crippen LogP contribution in [0.2, 0.25) is 0 Å². The maximum absolute atomic E-state index is 13.6. The van der Waals surface area contributed by atoms with Crippen LogP contribution in [0, 0.1) is 0 Å². The van der Waals surface area contributed by atoms with Crippen LogP contribution in [0.1, 0.15) is 67.0 Å². The predicted octanol–water partition coefficient (Wildman–Crippen LogP) is 4.29. The van der Waals surface area contributed by atoms with Gasteiger partial charge in [0.15, 0.2) is 5.65 Å². The van der Waals surface area contributed by atoms with E-state index >= 15 is 0 Å². The first-order valence-corrected chi connectivity index (χ1v) is 13.2. The Morgan fingerprint density at radius 2 is 1.92 bits per heavy atom. The van der Waals surface area contributed by atoms with Crippen molar-refractivity contribution in [3.8, 4) is 0 Å². The summed E-state index contributed by atoms with van der Waals surface area (Å²) in [4.78, 5) is 46.2. The molecule has 1 aromatic carbocycles. The van der Waals surface area contributed by atoms with Gasteiger partial charge in [-0.3, -0.25) is 14.3 Å². The second-order valence-corrected chi connectivity index (χ2v) is 9.96. The summed E-state index contributed by atoms with van der Waals surface area (Å²) >= 11 is 0. The highest BCUT2D eigenvalue weighted by molar-refractivity contribution is 6.06. The molecule has 3 aromatic heterocycles. The number of amides is 1. The van der Waals surface area contributed by atoms with Crippen LogP contribution < -0.4 is 15.5 Å². The number of anilines is 2. The fourth-order valence-corrected chi connectivity index (χ4v) is 5.83. The third kappa shape index (κ3) is 4.28. The number of fused-ring (bicyclic) bond motifs is 2. The molecule has 1 saturated heterocycles. The number of nitrogens with one attached hydrogen (secondary N) is 1. The molecule has 1 N–H and O–H groups in total. The smallest absolute Gasteiger partial charge is 0.327 e. The molecule has 4 aromatic rings. The number of piperidine rings is 1. The van der Waals surface area contributed by atoms with Gasteiger partial charge in [0.2, 0.25) is 0 Å². The van der Waals surface area contributed by atoms with E-state index in [9.17, 15) is 9.59 Å². The third-order valence-corrected chi connectivity index (χ3v) is 7.74. The number of carbonyl (C=O) groups is 1. The number of carbonyl (C=O) groups excluding carboxylic acids is 1. The summed E-state index contributed by atoms with van der Waals surface area (Å²) in [6.07, 6.45) is 8.14. The van der Waals surface area contributed by atoms with E-state index in [4.69, 9.17) is 0 Å². The van der Waals surface area contributed by atoms with Crippen LogP contribution in [0.4, 0.5) is 11.5 Å². The molecule has 190 valence electrons. The molecule has 0 bridgehead atoms. The number of benzene rings is 1. The summed E-state index contributed by atoms with van der Waals surface area (Å²) in [5, 5.41) is 0. The second-order valence-electron chi connectivity index (χ2n) is 9.96. The van der Waals surface area contributed by atoms with Crippen LogP contribution in [0.5, 0.6) is 0 Å². The Balaban J connectivity index is 1.18. The first-order valence-electron chi connectivity index (χ1n) is 13.2. The molecular weight excluding hydrogens is 466 g/mol. The topological polar surface area (TPSA) is 100 Å². The summed E-state index contributed by atoms with van der Waals surface area (Å²) in [5.41, 5.74) is 4.00. The lowest BCUT2D eigenvalue weighted by Crippen LogP contribution is -2.37. The van der Waals surface area contributed by atoms with Gasteiger partial charge < -0.3 is 9.80 Å². The first-order chi connectivity index (χ1) is 18.1. The lowest BCUT2D eigenvalue weighted by molar-refractivity contribution is 0.0983. The van der Waals surface area contributed by atoms with Gasteiger partial charge in [-0.05, 0) is 43.0 Å². The highest BCUT2D eigenvalue weighted by atomic mass is 16.2. The van der Waals surface area contributed by atoms with Crippen molar-refractivity contribution in [3.05, 3.63) is 76.7 Å². The molecule has 1 amide bonds. The van der Waals surface area contributed by atoms with E-state index in [2.05, 4.69) is 43.9 Å². The average Bonchev–Trinajstić information content (AvgIpc) is 3.48. The van der Waals surface area contributed by atoms with E-state index in [0.717, 1.165) is 62.2 Å². The molecule has 1 atom stereocenters. The molecule has 9 nitrogen and oxygen atoms in total. The molecular formula is C28H31N7O2. The second kappa shape index (κ2) is 9.80. The number of aromatic amines is 1. The normalized spacial score (nSPS) is 17.9. The van der Waals surface area contributed by atoms with Crippen molar-refractivity contribution in [1.82, 2.24) is 24.5 Å². The molecule has 37 heavy (non-hydrogen) atoms. The number of rotatable bonds is 6. The molecule has 0 radical (unpaired) electrons. The van der Waals surface area contributed by atoms with Crippen LogP contribution >= 0.6 is 0 Å². The minimum Gasteiger partial charge on any atom is -0.356 e. The Labute approximate surface area is 215 Å². The quantitative estimate of drug-likeness (QED) is 0.427. The van der Waals surface area contributed by atoms with Crippen molar-refractivity contribution < 1.29 is 4.79 Å². The highest BCUT2D eigenvalue weighted by Gasteiger charge is 2.33. The van der Waals surface area contributed by atoms with E-state index in [1.807, 2.05) is 39.8 Å². The number of hydrogen-bond acceptors (Lipinski definition) is 6. The molecule has 6 rings (SSSR count). The van der Waals surface area contributed by atoms with Crippen LogP contribution in [0.25, 0.3) is 11.2 Å². The van der Waals surface area contributed by atoms with Gasteiger partial charge >= 0.3 is 5.69 Å². The molecule has 0 spiro atoms. The average molecular weight is 498 g/mol. The van der Waals surface area contributed by atoms with E-state index in [0.29, 0.717) is 23.8 Å². The van der Waals surface area contributed by atoms with E-state index in [1.54, 1.807) is 6.20 Å². The molecule has 1 unspecified atom stereocenters. The van der Waals surface area contributed by atoms with Crippen molar-refractivity contribution in [2.45, 2.75) is 51.0 Å². The van der Waals surface area contributed by atoms with Crippen molar-refractivity contribution in [2.24, 2.45) is 0 Å². The third-order valence-electron chi connectivity index (χ3n) is 7.74. The van der Waals surface area contributed by atoms with E-state index in [1.165, 1.54) is 11.9 Å². The lowest BCUT2D eigenvalue weighted by Gasteiger charge is -2.33. The first kappa shape index (κ1) is 23.4. The number of unbranched alkanes of at least 4 members (excludes halogenated alkanes) is 1. The van der Waals surface area contributed by atoms with Crippen LogP contribution in [0.3, 0.4) is 0 Å². The monoisotopic (exact) mass is 497 g/mol. The SMILES string of the molecule is CCCCC1CN(C(=O)c2cc(N3CCC(n4c(=O)[nH]c5ncccc54)CC3)ncn2)c2ccccc21. The van der Waals surface area contributed by atoms with Gasteiger partial charge in [0.1, 0.15) is 17.8 Å². The summed E-state index contributed by atoms with van der Waals surface area (Å²) in [7, 11) is 0. The molecule has 0 aliphatic carbocycles. The fraction of sp³-hybridized carbons (Fsp3) is 0.393. The number of pyridine rings is 1. The number of para-hydroxylation sites is 1.